The van der Waals surface area contributed by atoms with Crippen LogP contribution in [0.1, 0.15) is 31.1 Å². The van der Waals surface area contributed by atoms with Crippen molar-refractivity contribution in [3.8, 4) is 22.7 Å². The number of amides is 1. The summed E-state index contributed by atoms with van der Waals surface area (Å²) < 4.78 is 12.5. The van der Waals surface area contributed by atoms with Crippen LogP contribution in [-0.2, 0) is 9.53 Å². The molecule has 30 heavy (non-hydrogen) atoms. The van der Waals surface area contributed by atoms with Crippen LogP contribution in [0, 0.1) is 0 Å². The number of carbonyl (C=O) groups is 2. The third-order valence-corrected chi connectivity index (χ3v) is 4.40. The van der Waals surface area contributed by atoms with Crippen LogP contribution in [0.3, 0.4) is 0 Å². The maximum Gasteiger partial charge on any atom is 0.342 e. The Labute approximate surface area is 175 Å². The van der Waals surface area contributed by atoms with Gasteiger partial charge in [0.15, 0.2) is 6.10 Å². The zero-order chi connectivity index (χ0) is 21.7. The van der Waals surface area contributed by atoms with E-state index in [1.807, 2.05) is 62.4 Å². The number of rotatable bonds is 7. The molecule has 156 valence electrons. The summed E-state index contributed by atoms with van der Waals surface area (Å²) in [7, 11) is 1.56. The second-order valence-corrected chi connectivity index (χ2v) is 7.08. The van der Waals surface area contributed by atoms with Gasteiger partial charge in [-0.2, -0.15) is 5.10 Å². The van der Waals surface area contributed by atoms with E-state index >= 15 is 0 Å². The van der Waals surface area contributed by atoms with Gasteiger partial charge in [0, 0.05) is 17.8 Å². The number of benzene rings is 2. The average molecular weight is 407 g/mol. The minimum atomic E-state index is -0.939. The Morgan fingerprint density at radius 3 is 2.33 bits per heavy atom. The van der Waals surface area contributed by atoms with E-state index in [4.69, 9.17) is 9.47 Å². The first-order valence-electron chi connectivity index (χ1n) is 9.70. The van der Waals surface area contributed by atoms with Gasteiger partial charge in [0.25, 0.3) is 5.91 Å². The zero-order valence-corrected chi connectivity index (χ0v) is 17.5. The predicted octanol–water partition coefficient (Wildman–Crippen LogP) is 3.62. The van der Waals surface area contributed by atoms with E-state index in [0.29, 0.717) is 17.0 Å². The van der Waals surface area contributed by atoms with Gasteiger partial charge in [-0.25, -0.2) is 9.48 Å². The summed E-state index contributed by atoms with van der Waals surface area (Å²) in [6, 6.07) is 16.7. The number of carbonyl (C=O) groups excluding carboxylic acids is 2. The molecule has 0 aliphatic carbocycles. The first kappa shape index (κ1) is 21.1. The molecule has 0 saturated heterocycles. The van der Waals surface area contributed by atoms with Gasteiger partial charge in [-0.3, -0.25) is 4.79 Å². The van der Waals surface area contributed by atoms with Gasteiger partial charge in [0.1, 0.15) is 17.0 Å². The van der Waals surface area contributed by atoms with Crippen molar-refractivity contribution in [2.45, 2.75) is 32.9 Å². The molecule has 0 bridgehead atoms. The molecule has 1 atom stereocenters. The largest absolute Gasteiger partial charge is 0.496 e. The van der Waals surface area contributed by atoms with Gasteiger partial charge in [-0.1, -0.05) is 30.3 Å². The molecule has 7 nitrogen and oxygen atoms in total. The van der Waals surface area contributed by atoms with E-state index in [1.54, 1.807) is 31.0 Å². The number of hydrogen-bond donors (Lipinski definition) is 1. The molecule has 1 aromatic heterocycles. The third-order valence-electron chi connectivity index (χ3n) is 4.40. The highest BCUT2D eigenvalue weighted by molar-refractivity contribution is 5.98. The minimum absolute atomic E-state index is 0.0522. The van der Waals surface area contributed by atoms with Crippen molar-refractivity contribution in [2.24, 2.45) is 0 Å². The first-order valence-corrected chi connectivity index (χ1v) is 9.70. The summed E-state index contributed by atoms with van der Waals surface area (Å²) in [6.07, 6.45) is 0.664. The third kappa shape index (κ3) is 4.68. The lowest BCUT2D eigenvalue weighted by atomic mass is 10.1. The summed E-state index contributed by atoms with van der Waals surface area (Å²) in [5.41, 5.74) is 2.10. The smallest absolute Gasteiger partial charge is 0.342 e. The van der Waals surface area contributed by atoms with Gasteiger partial charge in [0.05, 0.1) is 12.8 Å². The lowest BCUT2D eigenvalue weighted by molar-refractivity contribution is -0.129. The maximum absolute atomic E-state index is 13.0. The predicted molar refractivity (Wildman–Crippen MR) is 114 cm³/mol. The number of nitrogens with zero attached hydrogens (tertiary/aromatic N) is 2. The molecular weight excluding hydrogens is 382 g/mol. The Bertz CT molecular complexity index is 1030. The Kier molecular flexibility index (Phi) is 6.51. The van der Waals surface area contributed by atoms with Crippen molar-refractivity contribution in [1.29, 1.82) is 0 Å². The second kappa shape index (κ2) is 9.26. The van der Waals surface area contributed by atoms with Crippen molar-refractivity contribution < 1.29 is 19.1 Å². The van der Waals surface area contributed by atoms with Crippen molar-refractivity contribution in [3.05, 3.63) is 66.4 Å². The average Bonchev–Trinajstić information content (AvgIpc) is 3.19. The number of ether oxygens (including phenoxy) is 2. The molecule has 0 aliphatic heterocycles. The number of esters is 1. The standard InChI is InChI=1S/C23H25N3O4/c1-15(2)24-22(27)16(3)30-23(28)19-14-26(17-10-6-5-7-11-17)25-21(19)18-12-8-9-13-20(18)29-4/h5-16H,1-4H3,(H,24,27)/t16-/m1/s1. The summed E-state index contributed by atoms with van der Waals surface area (Å²) >= 11 is 0. The lowest BCUT2D eigenvalue weighted by Crippen LogP contribution is -2.39. The van der Waals surface area contributed by atoms with Crippen LogP contribution in [0.2, 0.25) is 0 Å². The van der Waals surface area contributed by atoms with Crippen LogP contribution in [0.5, 0.6) is 5.75 Å². The van der Waals surface area contributed by atoms with Crippen LogP contribution in [0.4, 0.5) is 0 Å². The molecular formula is C23H25N3O4. The monoisotopic (exact) mass is 407 g/mol. The fraction of sp³-hybridized carbons (Fsp3) is 0.261. The van der Waals surface area contributed by atoms with Crippen molar-refractivity contribution in [1.82, 2.24) is 15.1 Å². The van der Waals surface area contributed by atoms with Gasteiger partial charge in [0.2, 0.25) is 0 Å². The van der Waals surface area contributed by atoms with Crippen LogP contribution < -0.4 is 10.1 Å². The SMILES string of the molecule is COc1ccccc1-c1nn(-c2ccccc2)cc1C(=O)O[C@H](C)C(=O)NC(C)C. The number of methoxy groups -OCH3 is 1. The molecule has 1 heterocycles. The van der Waals surface area contributed by atoms with Crippen molar-refractivity contribution >= 4 is 11.9 Å². The van der Waals surface area contributed by atoms with E-state index in [9.17, 15) is 9.59 Å². The van der Waals surface area contributed by atoms with Crippen molar-refractivity contribution in [2.75, 3.05) is 7.11 Å². The fourth-order valence-corrected chi connectivity index (χ4v) is 2.95. The Balaban J connectivity index is 2.01. The maximum atomic E-state index is 13.0. The molecule has 0 spiro atoms. The van der Waals surface area contributed by atoms with Gasteiger partial charge in [-0.05, 0) is 45.0 Å². The van der Waals surface area contributed by atoms with Crippen LogP contribution in [0.25, 0.3) is 16.9 Å². The number of para-hydroxylation sites is 2. The topological polar surface area (TPSA) is 82.5 Å². The van der Waals surface area contributed by atoms with Crippen LogP contribution in [0.15, 0.2) is 60.8 Å². The molecule has 2 aromatic carbocycles. The molecule has 1 N–H and O–H groups in total. The first-order chi connectivity index (χ1) is 14.4. The van der Waals surface area contributed by atoms with E-state index in [0.717, 1.165) is 5.69 Å². The Hall–Kier alpha value is -3.61. The molecule has 0 saturated carbocycles. The Morgan fingerprint density at radius 1 is 1.00 bits per heavy atom. The van der Waals surface area contributed by atoms with E-state index in [2.05, 4.69) is 10.4 Å². The van der Waals surface area contributed by atoms with E-state index in [1.165, 1.54) is 0 Å². The molecule has 7 heteroatoms. The van der Waals surface area contributed by atoms with Crippen LogP contribution in [-0.4, -0.2) is 40.9 Å². The summed E-state index contributed by atoms with van der Waals surface area (Å²) in [4.78, 5) is 25.2. The molecule has 0 radical (unpaired) electrons. The van der Waals surface area contributed by atoms with Gasteiger partial charge >= 0.3 is 5.97 Å². The summed E-state index contributed by atoms with van der Waals surface area (Å²) in [5.74, 6) is -0.410. The molecule has 0 fully saturated rings. The normalized spacial score (nSPS) is 11.8. The highest BCUT2D eigenvalue weighted by Crippen LogP contribution is 2.32. The Morgan fingerprint density at radius 2 is 1.67 bits per heavy atom. The number of hydrogen-bond acceptors (Lipinski definition) is 5. The lowest BCUT2D eigenvalue weighted by Gasteiger charge is -2.15. The zero-order valence-electron chi connectivity index (χ0n) is 17.5. The minimum Gasteiger partial charge on any atom is -0.496 e. The number of aromatic nitrogens is 2. The van der Waals surface area contributed by atoms with Gasteiger partial charge in [-0.15, -0.1) is 0 Å². The molecule has 0 unspecified atom stereocenters. The molecule has 3 rings (SSSR count). The highest BCUT2D eigenvalue weighted by Gasteiger charge is 2.25. The summed E-state index contributed by atoms with van der Waals surface area (Å²) in [6.45, 7) is 5.23. The fourth-order valence-electron chi connectivity index (χ4n) is 2.95. The molecule has 3 aromatic rings. The second-order valence-electron chi connectivity index (χ2n) is 7.08. The van der Waals surface area contributed by atoms with Gasteiger partial charge < -0.3 is 14.8 Å². The van der Waals surface area contributed by atoms with Crippen LogP contribution >= 0.6 is 0 Å². The van der Waals surface area contributed by atoms with E-state index in [-0.39, 0.29) is 17.5 Å². The van der Waals surface area contributed by atoms with E-state index < -0.39 is 12.1 Å². The summed E-state index contributed by atoms with van der Waals surface area (Å²) in [5, 5.41) is 7.35. The number of nitrogens with one attached hydrogen (secondary N) is 1. The molecule has 0 aliphatic rings. The molecule has 1 amide bonds. The van der Waals surface area contributed by atoms with Crippen molar-refractivity contribution in [3.63, 3.8) is 0 Å². The quantitative estimate of drug-likeness (QED) is 0.605. The highest BCUT2D eigenvalue weighted by atomic mass is 16.5.